The first-order chi connectivity index (χ1) is 12.1. The minimum absolute atomic E-state index is 0.288. The highest BCUT2D eigenvalue weighted by Crippen LogP contribution is 2.44. The van der Waals surface area contributed by atoms with Crippen molar-refractivity contribution in [2.75, 3.05) is 0 Å². The van der Waals surface area contributed by atoms with Crippen LogP contribution in [-0.4, -0.2) is 5.51 Å². The molecule has 0 heterocycles. The molecule has 1 atom stereocenters. The number of hydrogen-bond acceptors (Lipinski definition) is 0. The topological polar surface area (TPSA) is 0 Å². The molecule has 1 unspecified atom stereocenters. The fourth-order valence-corrected chi connectivity index (χ4v) is 5.09. The Morgan fingerprint density at radius 3 is 1.60 bits per heavy atom. The van der Waals surface area contributed by atoms with Crippen LogP contribution in [0.25, 0.3) is 21.5 Å². The third-order valence-electron chi connectivity index (χ3n) is 4.14. The maximum Gasteiger partial charge on any atom is 0.586 e. The van der Waals surface area contributed by atoms with Crippen LogP contribution in [-0.2, 0) is 10.9 Å². The van der Waals surface area contributed by atoms with E-state index in [2.05, 4.69) is 0 Å². The predicted octanol–water partition coefficient (Wildman–Crippen LogP) is 6.55. The molecule has 0 radical (unpaired) electrons. The second-order valence-corrected chi connectivity index (χ2v) is 7.67. The summed E-state index contributed by atoms with van der Waals surface area (Å²) in [6, 6.07) is 24.7. The van der Waals surface area contributed by atoms with Gasteiger partial charge in [-0.3, -0.25) is 0 Å². The molecule has 0 saturated carbocycles. The van der Waals surface area contributed by atoms with E-state index in [9.17, 15) is 13.2 Å². The smallest absolute Gasteiger partial charge is 0.122 e. The van der Waals surface area contributed by atoms with E-state index in [1.54, 1.807) is 54.6 Å². The summed E-state index contributed by atoms with van der Waals surface area (Å²) < 4.78 is 42.5. The molecule has 0 spiro atoms. The summed E-state index contributed by atoms with van der Waals surface area (Å²) in [6.07, 6.45) is 0. The highest BCUT2D eigenvalue weighted by atomic mass is 32.2. The Bertz CT molecular complexity index is 985. The van der Waals surface area contributed by atoms with Crippen LogP contribution in [0.1, 0.15) is 0 Å². The minimum Gasteiger partial charge on any atom is -0.122 e. The fourth-order valence-electron chi connectivity index (χ4n) is 3.12. The number of hydrogen-bond donors (Lipinski definition) is 0. The van der Waals surface area contributed by atoms with E-state index in [1.807, 2.05) is 30.3 Å². The van der Waals surface area contributed by atoms with Crippen LogP contribution in [0.4, 0.5) is 13.2 Å². The van der Waals surface area contributed by atoms with E-state index < -0.39 is 16.4 Å². The number of alkyl halides is 3. The van der Waals surface area contributed by atoms with Gasteiger partial charge in [-0.05, 0) is 41.1 Å². The normalized spacial score (nSPS) is 13.2. The van der Waals surface area contributed by atoms with Crippen LogP contribution in [0.3, 0.4) is 0 Å². The van der Waals surface area contributed by atoms with Crippen molar-refractivity contribution in [2.45, 2.75) is 15.3 Å². The molecule has 0 bridgehead atoms. The Kier molecular flexibility index (Phi) is 3.92. The summed E-state index contributed by atoms with van der Waals surface area (Å²) in [7, 11) is -2.02. The van der Waals surface area contributed by atoms with E-state index in [0.29, 0.717) is 15.7 Å². The van der Waals surface area contributed by atoms with Gasteiger partial charge in [-0.15, -0.1) is 13.2 Å². The Balaban J connectivity index is 2.15. The van der Waals surface area contributed by atoms with Crippen molar-refractivity contribution < 1.29 is 13.2 Å². The van der Waals surface area contributed by atoms with E-state index >= 15 is 0 Å². The highest BCUT2D eigenvalue weighted by Gasteiger charge is 2.55. The first-order valence-electron chi connectivity index (χ1n) is 7.82. The molecule has 0 aromatic heterocycles. The molecule has 25 heavy (non-hydrogen) atoms. The Morgan fingerprint density at radius 1 is 0.600 bits per heavy atom. The Labute approximate surface area is 146 Å². The van der Waals surface area contributed by atoms with Gasteiger partial charge in [0.2, 0.25) is 0 Å². The van der Waals surface area contributed by atoms with Crippen LogP contribution in [0.5, 0.6) is 0 Å². The molecule has 124 valence electrons. The van der Waals surface area contributed by atoms with Gasteiger partial charge in [0.25, 0.3) is 0 Å². The lowest BCUT2D eigenvalue weighted by molar-refractivity contribution is -0.0369. The van der Waals surface area contributed by atoms with Gasteiger partial charge >= 0.3 is 5.51 Å². The lowest BCUT2D eigenvalue weighted by Gasteiger charge is -2.14. The van der Waals surface area contributed by atoms with Crippen molar-refractivity contribution in [1.29, 1.82) is 0 Å². The molecule has 4 heteroatoms. The van der Waals surface area contributed by atoms with Crippen molar-refractivity contribution in [1.82, 2.24) is 0 Å². The van der Waals surface area contributed by atoms with Crippen LogP contribution in [0.2, 0.25) is 0 Å². The molecule has 0 fully saturated rings. The number of benzene rings is 4. The molecule has 0 N–H and O–H groups in total. The molecule has 0 aliphatic rings. The number of halogens is 3. The summed E-state index contributed by atoms with van der Waals surface area (Å²) >= 11 is 0. The molecule has 0 saturated heterocycles. The van der Waals surface area contributed by atoms with Gasteiger partial charge in [0.05, 0.1) is 0 Å². The van der Waals surface area contributed by atoms with Crippen molar-refractivity contribution in [3.8, 4) is 0 Å². The zero-order valence-electron chi connectivity index (χ0n) is 13.1. The molecular weight excluding hydrogens is 341 g/mol. The molecule has 0 nitrogen and oxygen atoms in total. The summed E-state index contributed by atoms with van der Waals surface area (Å²) in [4.78, 5) is 0.643. The summed E-state index contributed by atoms with van der Waals surface area (Å²) in [6.45, 7) is 0. The van der Waals surface area contributed by atoms with Crippen LogP contribution >= 0.6 is 0 Å². The molecule has 0 aliphatic carbocycles. The van der Waals surface area contributed by atoms with Crippen LogP contribution in [0.15, 0.2) is 94.7 Å². The van der Waals surface area contributed by atoms with Gasteiger partial charge in [0.1, 0.15) is 0 Å². The monoisotopic (exact) mass is 355 g/mol. The van der Waals surface area contributed by atoms with Crippen molar-refractivity contribution in [3.05, 3.63) is 84.9 Å². The second kappa shape index (κ2) is 6.12. The summed E-state index contributed by atoms with van der Waals surface area (Å²) in [5.74, 6) is 0. The average molecular weight is 355 g/mol. The maximum absolute atomic E-state index is 14.2. The number of fused-ring (bicyclic) bond motifs is 2. The van der Waals surface area contributed by atoms with E-state index in [-0.39, 0.29) is 4.90 Å². The number of rotatable bonds is 2. The van der Waals surface area contributed by atoms with E-state index in [1.165, 1.54) is 0 Å². The SMILES string of the molecule is FC(F)(F)[S+](c1ccccc1)c1c2ccccc2cc2ccccc12. The lowest BCUT2D eigenvalue weighted by Crippen LogP contribution is -2.24. The Hall–Kier alpha value is -2.46. The molecule has 4 aromatic carbocycles. The first kappa shape index (κ1) is 16.0. The fraction of sp³-hybridized carbons (Fsp3) is 0.0476. The van der Waals surface area contributed by atoms with Gasteiger partial charge in [-0.2, -0.15) is 0 Å². The standard InChI is InChI=1S/C21H14F3S/c22-21(23,24)25(17-10-2-1-3-11-17)20-18-12-6-4-8-15(18)14-16-9-5-7-13-19(16)20/h1-14H/q+1. The van der Waals surface area contributed by atoms with Crippen molar-refractivity contribution in [3.63, 3.8) is 0 Å². The molecule has 0 aliphatic heterocycles. The maximum atomic E-state index is 14.2. The van der Waals surface area contributed by atoms with Crippen molar-refractivity contribution in [2.24, 2.45) is 0 Å². The van der Waals surface area contributed by atoms with Gasteiger partial charge in [-0.25, -0.2) is 0 Å². The van der Waals surface area contributed by atoms with Gasteiger partial charge < -0.3 is 0 Å². The minimum atomic E-state index is -4.35. The molecule has 4 rings (SSSR count). The molecule has 4 aromatic rings. The zero-order chi connectivity index (χ0) is 17.4. The van der Waals surface area contributed by atoms with Crippen molar-refractivity contribution >= 4 is 32.4 Å². The first-order valence-corrected chi connectivity index (χ1v) is 9.05. The van der Waals surface area contributed by atoms with Crippen LogP contribution in [0, 0.1) is 0 Å². The highest BCUT2D eigenvalue weighted by molar-refractivity contribution is 7.98. The third-order valence-corrected chi connectivity index (χ3v) is 6.19. The summed E-state index contributed by atoms with van der Waals surface area (Å²) in [5, 5.41) is 2.97. The van der Waals surface area contributed by atoms with Gasteiger partial charge in [0, 0.05) is 10.8 Å². The van der Waals surface area contributed by atoms with Crippen LogP contribution < -0.4 is 0 Å². The largest absolute Gasteiger partial charge is 0.586 e. The molecular formula is C21H14F3S+. The lowest BCUT2D eigenvalue weighted by atomic mass is 10.0. The van der Waals surface area contributed by atoms with Gasteiger partial charge in [-0.1, -0.05) is 54.6 Å². The predicted molar refractivity (Wildman–Crippen MR) is 97.8 cm³/mol. The Morgan fingerprint density at radius 2 is 1.08 bits per heavy atom. The summed E-state index contributed by atoms with van der Waals surface area (Å²) in [5.41, 5.74) is -4.35. The van der Waals surface area contributed by atoms with E-state index in [0.717, 1.165) is 10.8 Å². The third kappa shape index (κ3) is 2.87. The molecule has 0 amide bonds. The quantitative estimate of drug-likeness (QED) is 0.282. The zero-order valence-corrected chi connectivity index (χ0v) is 13.9. The average Bonchev–Trinajstić information content (AvgIpc) is 2.61. The second-order valence-electron chi connectivity index (χ2n) is 5.71. The van der Waals surface area contributed by atoms with E-state index in [4.69, 9.17) is 0 Å². The van der Waals surface area contributed by atoms with Gasteiger partial charge in [0.15, 0.2) is 20.7 Å².